The largest absolute Gasteiger partial charge is 0.306 e. The molecule has 0 bridgehead atoms. The molecule has 1 nitrogen and oxygen atoms in total. The highest BCUT2D eigenvalue weighted by molar-refractivity contribution is 7.99. The van der Waals surface area contributed by atoms with E-state index in [1.54, 1.807) is 0 Å². The van der Waals surface area contributed by atoms with Crippen molar-refractivity contribution in [3.8, 4) is 0 Å². The molecule has 0 saturated carbocycles. The van der Waals surface area contributed by atoms with E-state index in [2.05, 4.69) is 25.4 Å². The SMILES string of the molecule is CCN[C@H](C)SC. The molecule has 44 valence electrons. The number of thioether (sulfide) groups is 1. The van der Waals surface area contributed by atoms with Crippen molar-refractivity contribution in [1.29, 1.82) is 0 Å². The molecule has 0 fully saturated rings. The summed E-state index contributed by atoms with van der Waals surface area (Å²) >= 11 is 1.84. The molecule has 0 rings (SSSR count). The van der Waals surface area contributed by atoms with Crippen LogP contribution in [0.15, 0.2) is 0 Å². The van der Waals surface area contributed by atoms with Gasteiger partial charge in [0.25, 0.3) is 0 Å². The van der Waals surface area contributed by atoms with Crippen LogP contribution in [0.2, 0.25) is 0 Å². The first kappa shape index (κ1) is 7.31. The Kier molecular flexibility index (Phi) is 4.67. The lowest BCUT2D eigenvalue weighted by molar-refractivity contribution is 0.721. The van der Waals surface area contributed by atoms with Crippen molar-refractivity contribution in [2.24, 2.45) is 0 Å². The van der Waals surface area contributed by atoms with Gasteiger partial charge >= 0.3 is 0 Å². The van der Waals surface area contributed by atoms with Crippen LogP contribution in [-0.4, -0.2) is 18.2 Å². The van der Waals surface area contributed by atoms with Gasteiger partial charge in [-0.25, -0.2) is 0 Å². The molecule has 0 saturated heterocycles. The Bertz CT molecular complexity index is 39.1. The topological polar surface area (TPSA) is 12.0 Å². The number of hydrogen-bond acceptors (Lipinski definition) is 2. The normalized spacial score (nSPS) is 14.1. The molecule has 0 aliphatic rings. The van der Waals surface area contributed by atoms with Gasteiger partial charge in [0.2, 0.25) is 0 Å². The van der Waals surface area contributed by atoms with Gasteiger partial charge in [-0.3, -0.25) is 0 Å². The van der Waals surface area contributed by atoms with Crippen LogP contribution in [0.4, 0.5) is 0 Å². The van der Waals surface area contributed by atoms with E-state index in [0.717, 1.165) is 6.54 Å². The first-order valence-electron chi connectivity index (χ1n) is 2.57. The van der Waals surface area contributed by atoms with Crippen molar-refractivity contribution < 1.29 is 0 Å². The third kappa shape index (κ3) is 4.16. The summed E-state index contributed by atoms with van der Waals surface area (Å²) in [5.41, 5.74) is 0. The van der Waals surface area contributed by atoms with Gasteiger partial charge in [0.05, 0.1) is 5.37 Å². The van der Waals surface area contributed by atoms with E-state index in [0.29, 0.717) is 5.37 Å². The van der Waals surface area contributed by atoms with Crippen molar-refractivity contribution in [3.63, 3.8) is 0 Å². The minimum Gasteiger partial charge on any atom is -0.306 e. The second kappa shape index (κ2) is 4.47. The van der Waals surface area contributed by atoms with Crippen molar-refractivity contribution >= 4 is 11.8 Å². The Hall–Kier alpha value is 0.310. The van der Waals surface area contributed by atoms with Gasteiger partial charge in [-0.1, -0.05) is 6.92 Å². The van der Waals surface area contributed by atoms with Crippen LogP contribution in [0.25, 0.3) is 0 Å². The molecule has 0 heterocycles. The molecule has 0 aliphatic carbocycles. The Morgan fingerprint density at radius 2 is 2.29 bits per heavy atom. The summed E-state index contributed by atoms with van der Waals surface area (Å²) in [6, 6.07) is 0. The molecular weight excluding hydrogens is 106 g/mol. The maximum Gasteiger partial charge on any atom is 0.0500 e. The Balaban J connectivity index is 2.83. The van der Waals surface area contributed by atoms with E-state index in [1.807, 2.05) is 11.8 Å². The van der Waals surface area contributed by atoms with Gasteiger partial charge in [-0.05, 0) is 19.7 Å². The van der Waals surface area contributed by atoms with E-state index in [1.165, 1.54) is 0 Å². The summed E-state index contributed by atoms with van der Waals surface area (Å²) in [4.78, 5) is 0. The molecule has 0 aromatic carbocycles. The Morgan fingerprint density at radius 1 is 1.71 bits per heavy atom. The predicted octanol–water partition coefficient (Wildman–Crippen LogP) is 1.30. The number of rotatable bonds is 3. The fraction of sp³-hybridized carbons (Fsp3) is 1.00. The molecule has 0 aromatic rings. The monoisotopic (exact) mass is 119 g/mol. The number of nitrogens with one attached hydrogen (secondary N) is 1. The van der Waals surface area contributed by atoms with Crippen LogP contribution in [-0.2, 0) is 0 Å². The van der Waals surface area contributed by atoms with Gasteiger partial charge in [-0.2, -0.15) is 0 Å². The lowest BCUT2D eigenvalue weighted by Gasteiger charge is -2.05. The molecule has 7 heavy (non-hydrogen) atoms. The fourth-order valence-corrected chi connectivity index (χ4v) is 0.704. The molecule has 0 aliphatic heterocycles. The highest BCUT2D eigenvalue weighted by Gasteiger charge is 1.90. The second-order valence-electron chi connectivity index (χ2n) is 1.44. The minimum absolute atomic E-state index is 0.616. The van der Waals surface area contributed by atoms with Crippen LogP contribution in [0.1, 0.15) is 13.8 Å². The second-order valence-corrected chi connectivity index (χ2v) is 2.61. The van der Waals surface area contributed by atoms with E-state index in [9.17, 15) is 0 Å². The van der Waals surface area contributed by atoms with Crippen molar-refractivity contribution in [2.75, 3.05) is 12.8 Å². The highest BCUT2D eigenvalue weighted by atomic mass is 32.2. The fourth-order valence-electron chi connectivity index (χ4n) is 0.371. The molecule has 0 unspecified atom stereocenters. The first-order valence-corrected chi connectivity index (χ1v) is 3.86. The zero-order valence-corrected chi connectivity index (χ0v) is 6.01. The third-order valence-electron chi connectivity index (χ3n) is 0.845. The number of hydrogen-bond donors (Lipinski definition) is 1. The van der Waals surface area contributed by atoms with Crippen LogP contribution >= 0.6 is 11.8 Å². The van der Waals surface area contributed by atoms with Gasteiger partial charge in [-0.15, -0.1) is 11.8 Å². The molecular formula is C5H13NS. The average molecular weight is 119 g/mol. The summed E-state index contributed by atoms with van der Waals surface area (Å²) < 4.78 is 0. The zero-order valence-electron chi connectivity index (χ0n) is 5.19. The minimum atomic E-state index is 0.616. The summed E-state index contributed by atoms with van der Waals surface area (Å²) in [5, 5.41) is 3.87. The highest BCUT2D eigenvalue weighted by Crippen LogP contribution is 1.98. The summed E-state index contributed by atoms with van der Waals surface area (Å²) in [6.07, 6.45) is 2.10. The van der Waals surface area contributed by atoms with Gasteiger partial charge < -0.3 is 5.32 Å². The van der Waals surface area contributed by atoms with Crippen LogP contribution in [0, 0.1) is 0 Å². The maximum atomic E-state index is 3.26. The summed E-state index contributed by atoms with van der Waals surface area (Å²) in [7, 11) is 0. The first-order chi connectivity index (χ1) is 3.31. The summed E-state index contributed by atoms with van der Waals surface area (Å²) in [5.74, 6) is 0. The lowest BCUT2D eigenvalue weighted by Crippen LogP contribution is -2.21. The maximum absolute atomic E-state index is 3.26. The average Bonchev–Trinajstić information content (AvgIpc) is 1.68. The third-order valence-corrected chi connectivity index (χ3v) is 1.72. The zero-order chi connectivity index (χ0) is 5.70. The van der Waals surface area contributed by atoms with Gasteiger partial charge in [0, 0.05) is 0 Å². The van der Waals surface area contributed by atoms with Crippen molar-refractivity contribution in [1.82, 2.24) is 5.32 Å². The Morgan fingerprint density at radius 3 is 2.43 bits per heavy atom. The predicted molar refractivity (Wildman–Crippen MR) is 36.7 cm³/mol. The van der Waals surface area contributed by atoms with Gasteiger partial charge in [0.1, 0.15) is 0 Å². The van der Waals surface area contributed by atoms with E-state index >= 15 is 0 Å². The molecule has 0 spiro atoms. The molecule has 0 radical (unpaired) electrons. The van der Waals surface area contributed by atoms with Crippen molar-refractivity contribution in [2.45, 2.75) is 19.2 Å². The molecule has 0 aromatic heterocycles. The van der Waals surface area contributed by atoms with Gasteiger partial charge in [0.15, 0.2) is 0 Å². The van der Waals surface area contributed by atoms with E-state index in [4.69, 9.17) is 0 Å². The summed E-state index contributed by atoms with van der Waals surface area (Å²) in [6.45, 7) is 5.35. The van der Waals surface area contributed by atoms with E-state index < -0.39 is 0 Å². The molecule has 0 amide bonds. The van der Waals surface area contributed by atoms with Crippen molar-refractivity contribution in [3.05, 3.63) is 0 Å². The molecule has 1 atom stereocenters. The lowest BCUT2D eigenvalue weighted by atomic mass is 10.7. The van der Waals surface area contributed by atoms with Crippen LogP contribution in [0.3, 0.4) is 0 Å². The standard InChI is InChI=1S/C5H13NS/c1-4-6-5(2)7-3/h5-6H,4H2,1-3H3/t5-/m0/s1. The molecule has 2 heteroatoms. The van der Waals surface area contributed by atoms with Crippen LogP contribution < -0.4 is 5.32 Å². The smallest absolute Gasteiger partial charge is 0.0500 e. The Labute approximate surface area is 49.9 Å². The quantitative estimate of drug-likeness (QED) is 0.562. The van der Waals surface area contributed by atoms with Crippen LogP contribution in [0.5, 0.6) is 0 Å². The van der Waals surface area contributed by atoms with E-state index in [-0.39, 0.29) is 0 Å². The molecule has 1 N–H and O–H groups in total.